The minimum absolute atomic E-state index is 0.506. The molecule has 0 spiro atoms. The molecule has 0 amide bonds. The number of likely N-dealkylation sites (N-methyl/N-ethyl adjacent to an activating group) is 1. The molecule has 0 saturated carbocycles. The Morgan fingerprint density at radius 3 is 2.50 bits per heavy atom. The van der Waals surface area contributed by atoms with Crippen LogP contribution in [0.1, 0.15) is 11.4 Å². The van der Waals surface area contributed by atoms with Crippen molar-refractivity contribution in [1.29, 1.82) is 0 Å². The van der Waals surface area contributed by atoms with Gasteiger partial charge in [-0.2, -0.15) is 18.3 Å². The smallest absolute Gasteiger partial charge is 0.309 e. The Balaban J connectivity index is 2.60. The van der Waals surface area contributed by atoms with Gasteiger partial charge in [-0.05, 0) is 20.2 Å². The minimum atomic E-state index is -4.35. The third kappa shape index (κ3) is 3.02. The van der Waals surface area contributed by atoms with Gasteiger partial charge in [-0.3, -0.25) is 5.10 Å². The number of halogens is 3. The zero-order valence-corrected chi connectivity index (χ0v) is 8.02. The Morgan fingerprint density at radius 1 is 1.43 bits per heavy atom. The lowest BCUT2D eigenvalue weighted by Crippen LogP contribution is -2.15. The van der Waals surface area contributed by atoms with Crippen molar-refractivity contribution in [2.24, 2.45) is 0 Å². The molecule has 1 N–H and O–H groups in total. The summed E-state index contributed by atoms with van der Waals surface area (Å²) in [5.74, 6) is 0. The number of nitrogens with zero attached hydrogens (tertiary/aromatic N) is 2. The third-order valence-electron chi connectivity index (χ3n) is 1.75. The van der Waals surface area contributed by atoms with Gasteiger partial charge < -0.3 is 4.90 Å². The van der Waals surface area contributed by atoms with Crippen LogP contribution in [0.2, 0.25) is 0 Å². The van der Waals surface area contributed by atoms with Crippen LogP contribution in [0.25, 0.3) is 0 Å². The second-order valence-electron chi connectivity index (χ2n) is 3.33. The Labute approximate surface area is 79.9 Å². The highest BCUT2D eigenvalue weighted by Crippen LogP contribution is 2.27. The van der Waals surface area contributed by atoms with Crippen LogP contribution in [0.15, 0.2) is 6.07 Å². The molecule has 0 fully saturated rings. The molecule has 1 aromatic rings. The largest absolute Gasteiger partial charge is 0.435 e. The average molecular weight is 207 g/mol. The van der Waals surface area contributed by atoms with E-state index in [4.69, 9.17) is 0 Å². The van der Waals surface area contributed by atoms with E-state index in [1.165, 1.54) is 0 Å². The van der Waals surface area contributed by atoms with Crippen molar-refractivity contribution >= 4 is 0 Å². The van der Waals surface area contributed by atoms with Crippen molar-refractivity contribution in [3.63, 3.8) is 0 Å². The Hall–Kier alpha value is -1.04. The number of aromatic amines is 1. The average Bonchev–Trinajstić information content (AvgIpc) is 2.47. The van der Waals surface area contributed by atoms with Gasteiger partial charge in [-0.15, -0.1) is 0 Å². The molecular weight excluding hydrogens is 195 g/mol. The molecule has 80 valence electrons. The number of alkyl halides is 3. The maximum atomic E-state index is 12.1. The summed E-state index contributed by atoms with van der Waals surface area (Å²) in [7, 11) is 3.72. The van der Waals surface area contributed by atoms with Gasteiger partial charge in [0.25, 0.3) is 0 Å². The van der Waals surface area contributed by atoms with Crippen LogP contribution in [0, 0.1) is 0 Å². The summed E-state index contributed by atoms with van der Waals surface area (Å²) in [6, 6.07) is 1.05. The predicted octanol–water partition coefficient (Wildman–Crippen LogP) is 1.53. The van der Waals surface area contributed by atoms with Gasteiger partial charge in [-0.1, -0.05) is 0 Å². The maximum Gasteiger partial charge on any atom is 0.435 e. The number of rotatable bonds is 3. The molecule has 0 unspecified atom stereocenters. The molecule has 1 aromatic heterocycles. The highest BCUT2D eigenvalue weighted by Gasteiger charge is 2.33. The topological polar surface area (TPSA) is 31.9 Å². The van der Waals surface area contributed by atoms with Crippen LogP contribution in [-0.4, -0.2) is 35.7 Å². The van der Waals surface area contributed by atoms with Gasteiger partial charge in [0, 0.05) is 18.7 Å². The summed E-state index contributed by atoms with van der Waals surface area (Å²) in [6.45, 7) is 0.694. The van der Waals surface area contributed by atoms with Crippen molar-refractivity contribution in [2.45, 2.75) is 12.6 Å². The van der Waals surface area contributed by atoms with Gasteiger partial charge in [0.1, 0.15) is 0 Å². The van der Waals surface area contributed by atoms with E-state index < -0.39 is 11.9 Å². The van der Waals surface area contributed by atoms with Crippen LogP contribution < -0.4 is 0 Å². The van der Waals surface area contributed by atoms with Gasteiger partial charge in [0.2, 0.25) is 0 Å². The Morgan fingerprint density at radius 2 is 2.07 bits per heavy atom. The first kappa shape index (κ1) is 11.0. The summed E-state index contributed by atoms with van der Waals surface area (Å²) < 4.78 is 36.3. The van der Waals surface area contributed by atoms with Crippen LogP contribution in [0.3, 0.4) is 0 Å². The first-order valence-corrected chi connectivity index (χ1v) is 4.16. The maximum absolute atomic E-state index is 12.1. The van der Waals surface area contributed by atoms with Crippen LogP contribution >= 0.6 is 0 Å². The second-order valence-corrected chi connectivity index (χ2v) is 3.33. The lowest BCUT2D eigenvalue weighted by atomic mass is 10.3. The quantitative estimate of drug-likeness (QED) is 0.815. The van der Waals surface area contributed by atoms with E-state index in [1.807, 2.05) is 19.0 Å². The molecule has 0 bridgehead atoms. The van der Waals surface area contributed by atoms with Gasteiger partial charge in [0.05, 0.1) is 0 Å². The molecule has 6 heteroatoms. The second kappa shape index (κ2) is 4.00. The van der Waals surface area contributed by atoms with Gasteiger partial charge in [-0.25, -0.2) is 0 Å². The van der Waals surface area contributed by atoms with Crippen molar-refractivity contribution in [3.05, 3.63) is 17.5 Å². The van der Waals surface area contributed by atoms with Crippen molar-refractivity contribution in [3.8, 4) is 0 Å². The normalized spacial score (nSPS) is 12.4. The van der Waals surface area contributed by atoms with Crippen molar-refractivity contribution < 1.29 is 13.2 Å². The standard InChI is InChI=1S/C8H12F3N3/c1-14(2)4-3-6-5-7(13-12-6)8(9,10)11/h5H,3-4H2,1-2H3,(H,12,13). The van der Waals surface area contributed by atoms with E-state index in [0.29, 0.717) is 18.7 Å². The van der Waals surface area contributed by atoms with E-state index in [2.05, 4.69) is 10.2 Å². The molecular formula is C8H12F3N3. The zero-order chi connectivity index (χ0) is 10.8. The van der Waals surface area contributed by atoms with E-state index in [-0.39, 0.29) is 0 Å². The van der Waals surface area contributed by atoms with Gasteiger partial charge >= 0.3 is 6.18 Å². The molecule has 0 aliphatic carbocycles. The summed E-state index contributed by atoms with van der Waals surface area (Å²) in [6.07, 6.45) is -3.82. The molecule has 0 atom stereocenters. The number of aromatic nitrogens is 2. The third-order valence-corrected chi connectivity index (χ3v) is 1.75. The number of hydrogen-bond donors (Lipinski definition) is 1. The van der Waals surface area contributed by atoms with Crippen LogP contribution in [0.4, 0.5) is 13.2 Å². The summed E-state index contributed by atoms with van der Waals surface area (Å²) in [5, 5.41) is 5.57. The molecule has 14 heavy (non-hydrogen) atoms. The van der Waals surface area contributed by atoms with Gasteiger partial charge in [0.15, 0.2) is 5.69 Å². The van der Waals surface area contributed by atoms with Crippen molar-refractivity contribution in [2.75, 3.05) is 20.6 Å². The first-order valence-electron chi connectivity index (χ1n) is 4.16. The number of nitrogens with one attached hydrogen (secondary N) is 1. The fourth-order valence-electron chi connectivity index (χ4n) is 0.979. The lowest BCUT2D eigenvalue weighted by molar-refractivity contribution is -0.141. The Kier molecular flexibility index (Phi) is 3.15. The van der Waals surface area contributed by atoms with Crippen LogP contribution in [-0.2, 0) is 12.6 Å². The van der Waals surface area contributed by atoms with E-state index in [0.717, 1.165) is 6.07 Å². The molecule has 3 nitrogen and oxygen atoms in total. The first-order chi connectivity index (χ1) is 6.39. The monoisotopic (exact) mass is 207 g/mol. The van der Waals surface area contributed by atoms with Crippen LogP contribution in [0.5, 0.6) is 0 Å². The molecule has 1 rings (SSSR count). The minimum Gasteiger partial charge on any atom is -0.309 e. The lowest BCUT2D eigenvalue weighted by Gasteiger charge is -2.06. The fraction of sp³-hybridized carbons (Fsp3) is 0.625. The number of H-pyrrole nitrogens is 1. The highest BCUT2D eigenvalue weighted by atomic mass is 19.4. The van der Waals surface area contributed by atoms with E-state index in [9.17, 15) is 13.2 Å². The predicted molar refractivity (Wildman–Crippen MR) is 45.8 cm³/mol. The summed E-state index contributed by atoms with van der Waals surface area (Å²) >= 11 is 0. The fourth-order valence-corrected chi connectivity index (χ4v) is 0.979. The molecule has 0 aliphatic rings. The number of hydrogen-bond acceptors (Lipinski definition) is 2. The van der Waals surface area contributed by atoms with E-state index in [1.54, 1.807) is 0 Å². The molecule has 0 radical (unpaired) electrons. The highest BCUT2D eigenvalue weighted by molar-refractivity contribution is 5.11. The zero-order valence-electron chi connectivity index (χ0n) is 8.02. The Bertz CT molecular complexity index is 290. The SMILES string of the molecule is CN(C)CCc1cc(C(F)(F)F)n[nH]1. The molecule has 0 aliphatic heterocycles. The molecule has 0 aromatic carbocycles. The summed E-state index contributed by atoms with van der Waals surface area (Å²) in [5.41, 5.74) is -0.350. The van der Waals surface area contributed by atoms with E-state index >= 15 is 0 Å². The van der Waals surface area contributed by atoms with Crippen molar-refractivity contribution in [1.82, 2.24) is 15.1 Å². The molecule has 0 saturated heterocycles. The molecule has 1 heterocycles. The summed E-state index contributed by atoms with van der Waals surface area (Å²) in [4.78, 5) is 1.90.